The molecule has 29 heavy (non-hydrogen) atoms. The lowest BCUT2D eigenvalue weighted by Crippen LogP contribution is -2.74. The Kier molecular flexibility index (Phi) is 5.74. The van der Waals surface area contributed by atoms with E-state index < -0.39 is 6.15 Å². The molecule has 0 aromatic heterocycles. The second-order valence-corrected chi connectivity index (χ2v) is 8.74. The van der Waals surface area contributed by atoms with E-state index in [1.54, 1.807) is 0 Å². The summed E-state index contributed by atoms with van der Waals surface area (Å²) in [4.78, 5) is 0. The summed E-state index contributed by atoms with van der Waals surface area (Å²) < 4.78 is 0. The molecule has 0 heterocycles. The van der Waals surface area contributed by atoms with E-state index in [4.69, 9.17) is 34.8 Å². The second kappa shape index (κ2) is 8.28. The fraction of sp³-hybridized carbons (Fsp3) is 0.0400. The van der Waals surface area contributed by atoms with Gasteiger partial charge in [-0.2, -0.15) is 21.9 Å². The molecule has 0 aliphatic rings. The molecule has 144 valence electrons. The van der Waals surface area contributed by atoms with Crippen LogP contribution < -0.4 is 21.9 Å². The summed E-state index contributed by atoms with van der Waals surface area (Å²) in [5, 5.41) is 2.15. The predicted molar refractivity (Wildman–Crippen MR) is 130 cm³/mol. The Morgan fingerprint density at radius 2 is 0.655 bits per heavy atom. The lowest BCUT2D eigenvalue weighted by Gasteiger charge is -2.44. The normalized spacial score (nSPS) is 11.4. The summed E-state index contributed by atoms with van der Waals surface area (Å²) >= 11 is 18.7. The highest BCUT2D eigenvalue weighted by atomic mass is 35.5. The quantitative estimate of drug-likeness (QED) is 0.379. The molecule has 4 aromatic rings. The van der Waals surface area contributed by atoms with Gasteiger partial charge in [0.05, 0.1) is 0 Å². The number of rotatable bonds is 4. The van der Waals surface area contributed by atoms with Crippen LogP contribution >= 0.6 is 34.8 Å². The first-order valence-corrected chi connectivity index (χ1v) is 10.6. The van der Waals surface area contributed by atoms with Crippen LogP contribution in [0.15, 0.2) is 97.1 Å². The van der Waals surface area contributed by atoms with Crippen molar-refractivity contribution < 1.29 is 0 Å². The van der Waals surface area contributed by atoms with Crippen LogP contribution in [0, 0.1) is 6.92 Å². The van der Waals surface area contributed by atoms with E-state index in [0.717, 1.165) is 15.1 Å². The van der Waals surface area contributed by atoms with Gasteiger partial charge in [-0.3, -0.25) is 0 Å². The molecule has 0 bridgehead atoms. The summed E-state index contributed by atoms with van der Waals surface area (Å²) in [6, 6.07) is 33.2. The molecule has 4 heteroatoms. The third-order valence-corrected chi connectivity index (χ3v) is 6.44. The summed E-state index contributed by atoms with van der Waals surface area (Å²) in [7, 11) is 0. The SMILES string of the molecule is Cc1ccc([B-](c2ccc(Cl)cc2)(c2ccc(Cl)cc2)c2ccc(Cl)cc2)cc1. The van der Waals surface area contributed by atoms with E-state index in [-0.39, 0.29) is 0 Å². The first kappa shape index (κ1) is 20.1. The van der Waals surface area contributed by atoms with Crippen LogP contribution in [0.2, 0.25) is 15.1 Å². The molecule has 0 N–H and O–H groups in total. The highest BCUT2D eigenvalue weighted by Gasteiger charge is 2.31. The van der Waals surface area contributed by atoms with Crippen LogP contribution in [-0.4, -0.2) is 6.15 Å². The Balaban J connectivity index is 2.11. The Morgan fingerprint density at radius 1 is 0.414 bits per heavy atom. The predicted octanol–water partition coefficient (Wildman–Crippen LogP) is 5.33. The van der Waals surface area contributed by atoms with Crippen molar-refractivity contribution in [2.24, 2.45) is 0 Å². The van der Waals surface area contributed by atoms with Crippen LogP contribution in [0.3, 0.4) is 0 Å². The highest BCUT2D eigenvalue weighted by Crippen LogP contribution is 2.15. The Labute approximate surface area is 187 Å². The maximum Gasteiger partial charge on any atom is 0.108 e. The highest BCUT2D eigenvalue weighted by molar-refractivity contribution is 7.19. The smallest absolute Gasteiger partial charge is 0.108 e. The first-order chi connectivity index (χ1) is 14.0. The minimum Gasteiger partial charge on any atom is -0.195 e. The maximum absolute atomic E-state index is 6.23. The zero-order valence-corrected chi connectivity index (χ0v) is 18.2. The minimum atomic E-state index is -1.45. The zero-order valence-electron chi connectivity index (χ0n) is 15.9. The second-order valence-electron chi connectivity index (χ2n) is 7.43. The fourth-order valence-corrected chi connectivity index (χ4v) is 4.64. The number of aryl methyl sites for hydroxylation is 1. The van der Waals surface area contributed by atoms with Gasteiger partial charge in [-0.25, -0.2) is 0 Å². The number of halogens is 3. The van der Waals surface area contributed by atoms with E-state index in [2.05, 4.69) is 67.6 Å². The van der Waals surface area contributed by atoms with Crippen LogP contribution in [-0.2, 0) is 0 Å². The Morgan fingerprint density at radius 3 is 0.931 bits per heavy atom. The molecule has 0 atom stereocenters. The molecule has 4 aromatic carbocycles. The van der Waals surface area contributed by atoms with Crippen molar-refractivity contribution in [3.63, 3.8) is 0 Å². The van der Waals surface area contributed by atoms with Crippen LogP contribution in [0.1, 0.15) is 5.56 Å². The standard InChI is InChI=1S/C25H19BCl3/c1-18-2-4-19(5-3-18)26(20-6-12-23(27)13-7-20,21-8-14-24(28)15-9-21)22-10-16-25(29)17-11-22/h2-17H,1H3/q-1. The van der Waals surface area contributed by atoms with E-state index in [0.29, 0.717) is 0 Å². The molecule has 4 rings (SSSR count). The Hall–Kier alpha value is -2.19. The third-order valence-electron chi connectivity index (χ3n) is 5.69. The monoisotopic (exact) mass is 435 g/mol. The Bertz CT molecular complexity index is 913. The van der Waals surface area contributed by atoms with Gasteiger partial charge in [-0.05, 0) is 43.3 Å². The molecule has 0 unspecified atom stereocenters. The number of benzene rings is 4. The van der Waals surface area contributed by atoms with E-state index in [1.165, 1.54) is 27.4 Å². The van der Waals surface area contributed by atoms with E-state index >= 15 is 0 Å². The average molecular weight is 437 g/mol. The van der Waals surface area contributed by atoms with Crippen molar-refractivity contribution in [1.82, 2.24) is 0 Å². The zero-order chi connectivity index (χ0) is 20.4. The molecule has 0 saturated carbocycles. The third kappa shape index (κ3) is 3.83. The maximum atomic E-state index is 6.23. The first-order valence-electron chi connectivity index (χ1n) is 9.51. The van der Waals surface area contributed by atoms with Crippen molar-refractivity contribution in [3.05, 3.63) is 118 Å². The van der Waals surface area contributed by atoms with Crippen molar-refractivity contribution in [2.75, 3.05) is 0 Å². The number of hydrogen-bond donors (Lipinski definition) is 0. The molecule has 0 radical (unpaired) electrons. The number of hydrogen-bond acceptors (Lipinski definition) is 0. The van der Waals surface area contributed by atoms with E-state index in [1.807, 2.05) is 36.4 Å². The molecule has 0 saturated heterocycles. The van der Waals surface area contributed by atoms with Crippen molar-refractivity contribution in [1.29, 1.82) is 0 Å². The summed E-state index contributed by atoms with van der Waals surface area (Å²) in [6.07, 6.45) is -1.45. The molecule has 0 fully saturated rings. The topological polar surface area (TPSA) is 0 Å². The van der Waals surface area contributed by atoms with Gasteiger partial charge in [0.2, 0.25) is 0 Å². The summed E-state index contributed by atoms with van der Waals surface area (Å²) in [6.45, 7) is 2.10. The average Bonchev–Trinajstić information content (AvgIpc) is 2.73. The molecule has 0 spiro atoms. The van der Waals surface area contributed by atoms with Gasteiger partial charge in [0.15, 0.2) is 0 Å². The van der Waals surface area contributed by atoms with Crippen LogP contribution in [0.4, 0.5) is 0 Å². The molecule has 0 amide bonds. The fourth-order valence-electron chi connectivity index (χ4n) is 4.26. The van der Waals surface area contributed by atoms with Gasteiger partial charge in [-0.1, -0.05) is 101 Å². The van der Waals surface area contributed by atoms with Gasteiger partial charge in [0, 0.05) is 15.1 Å². The van der Waals surface area contributed by atoms with Crippen molar-refractivity contribution >= 4 is 62.8 Å². The summed E-state index contributed by atoms with van der Waals surface area (Å²) in [5.41, 5.74) is 6.00. The minimum absolute atomic E-state index is 0.717. The largest absolute Gasteiger partial charge is 0.195 e. The molecule has 0 aliphatic carbocycles. The lowest BCUT2D eigenvalue weighted by molar-refractivity contribution is 1.49. The van der Waals surface area contributed by atoms with E-state index in [9.17, 15) is 0 Å². The van der Waals surface area contributed by atoms with Gasteiger partial charge in [-0.15, -0.1) is 0 Å². The van der Waals surface area contributed by atoms with Crippen LogP contribution in [0.25, 0.3) is 0 Å². The van der Waals surface area contributed by atoms with Gasteiger partial charge in [0.1, 0.15) is 6.15 Å². The van der Waals surface area contributed by atoms with Gasteiger partial charge < -0.3 is 0 Å². The molecule has 0 nitrogen and oxygen atoms in total. The molecular weight excluding hydrogens is 417 g/mol. The van der Waals surface area contributed by atoms with Gasteiger partial charge >= 0.3 is 0 Å². The van der Waals surface area contributed by atoms with Gasteiger partial charge in [0.25, 0.3) is 0 Å². The van der Waals surface area contributed by atoms with Crippen molar-refractivity contribution in [3.8, 4) is 0 Å². The summed E-state index contributed by atoms with van der Waals surface area (Å²) in [5.74, 6) is 0. The van der Waals surface area contributed by atoms with Crippen LogP contribution in [0.5, 0.6) is 0 Å². The molecular formula is C25H19BCl3-. The lowest BCUT2D eigenvalue weighted by atomic mass is 9.13. The van der Waals surface area contributed by atoms with Crippen molar-refractivity contribution in [2.45, 2.75) is 6.92 Å². The molecule has 0 aliphatic heterocycles.